The van der Waals surface area contributed by atoms with Crippen LogP contribution in [0, 0.1) is 5.92 Å². The molecule has 0 saturated heterocycles. The van der Waals surface area contributed by atoms with Crippen molar-refractivity contribution < 1.29 is 5.11 Å². The van der Waals surface area contributed by atoms with Gasteiger partial charge in [0.25, 0.3) is 0 Å². The second kappa shape index (κ2) is 4.96. The quantitative estimate of drug-likeness (QED) is 0.705. The van der Waals surface area contributed by atoms with Crippen molar-refractivity contribution in [2.45, 2.75) is 38.2 Å². The number of aliphatic hydroxyl groups is 1. The molecule has 3 nitrogen and oxygen atoms in total. The number of anilines is 2. The van der Waals surface area contributed by atoms with E-state index in [1.807, 2.05) is 24.3 Å². The molecule has 1 aromatic rings. The van der Waals surface area contributed by atoms with E-state index in [0.717, 1.165) is 43.0 Å². The van der Waals surface area contributed by atoms with E-state index in [2.05, 4.69) is 12.2 Å². The van der Waals surface area contributed by atoms with E-state index in [-0.39, 0.29) is 0 Å². The average molecular weight is 234 g/mol. The molecule has 4 N–H and O–H groups in total. The first kappa shape index (κ1) is 12.2. The molecule has 0 aliphatic heterocycles. The van der Waals surface area contributed by atoms with Crippen molar-refractivity contribution in [1.82, 2.24) is 0 Å². The lowest BCUT2D eigenvalue weighted by Crippen LogP contribution is -2.40. The maximum absolute atomic E-state index is 10.4. The molecule has 1 fully saturated rings. The molecule has 1 aromatic carbocycles. The molecule has 0 amide bonds. The van der Waals surface area contributed by atoms with Crippen LogP contribution in [0.2, 0.25) is 0 Å². The zero-order valence-corrected chi connectivity index (χ0v) is 10.4. The lowest BCUT2D eigenvalue weighted by atomic mass is 9.79. The van der Waals surface area contributed by atoms with Crippen LogP contribution in [0.5, 0.6) is 0 Å². The van der Waals surface area contributed by atoms with Crippen molar-refractivity contribution >= 4 is 11.4 Å². The highest BCUT2D eigenvalue weighted by molar-refractivity contribution is 5.51. The summed E-state index contributed by atoms with van der Waals surface area (Å²) in [6, 6.07) is 7.64. The Morgan fingerprint density at radius 3 is 2.47 bits per heavy atom. The Balaban J connectivity index is 1.87. The molecule has 0 bridgehead atoms. The smallest absolute Gasteiger partial charge is 0.0819 e. The Morgan fingerprint density at radius 1 is 1.29 bits per heavy atom. The Bertz CT molecular complexity index is 353. The molecule has 94 valence electrons. The van der Waals surface area contributed by atoms with Crippen LogP contribution in [-0.4, -0.2) is 17.3 Å². The molecule has 1 aliphatic carbocycles. The van der Waals surface area contributed by atoms with E-state index in [4.69, 9.17) is 5.73 Å². The topological polar surface area (TPSA) is 58.3 Å². The van der Waals surface area contributed by atoms with Crippen LogP contribution in [0.3, 0.4) is 0 Å². The maximum atomic E-state index is 10.4. The molecule has 0 aromatic heterocycles. The van der Waals surface area contributed by atoms with Crippen LogP contribution in [0.1, 0.15) is 32.6 Å². The second-order valence-electron chi connectivity index (χ2n) is 5.38. The third-order valence-corrected chi connectivity index (χ3v) is 3.74. The van der Waals surface area contributed by atoms with E-state index in [1.165, 1.54) is 0 Å². The van der Waals surface area contributed by atoms with E-state index in [0.29, 0.717) is 6.54 Å². The highest BCUT2D eigenvalue weighted by Gasteiger charge is 2.31. The van der Waals surface area contributed by atoms with E-state index in [9.17, 15) is 5.11 Å². The number of nitrogen functional groups attached to an aromatic ring is 1. The Labute approximate surface area is 103 Å². The molecule has 0 heterocycles. The van der Waals surface area contributed by atoms with Gasteiger partial charge in [-0.1, -0.05) is 6.92 Å². The standard InChI is InChI=1S/C14H22N2O/c1-11-6-8-14(17,9-7-11)10-16-13-4-2-12(15)3-5-13/h2-5,11,16-17H,6-10,15H2,1H3. The normalized spacial score (nSPS) is 28.9. The minimum atomic E-state index is -0.534. The minimum Gasteiger partial charge on any atom is -0.399 e. The molecule has 0 radical (unpaired) electrons. The minimum absolute atomic E-state index is 0.534. The molecule has 0 atom stereocenters. The van der Waals surface area contributed by atoms with Gasteiger partial charge in [0.05, 0.1) is 5.60 Å². The number of hydrogen-bond donors (Lipinski definition) is 3. The van der Waals surface area contributed by atoms with Crippen LogP contribution in [0.4, 0.5) is 11.4 Å². The van der Waals surface area contributed by atoms with Crippen LogP contribution in [0.25, 0.3) is 0 Å². The first-order chi connectivity index (χ1) is 8.07. The van der Waals surface area contributed by atoms with Crippen LogP contribution < -0.4 is 11.1 Å². The molecule has 17 heavy (non-hydrogen) atoms. The summed E-state index contributed by atoms with van der Waals surface area (Å²) in [7, 11) is 0. The first-order valence-corrected chi connectivity index (χ1v) is 6.39. The highest BCUT2D eigenvalue weighted by atomic mass is 16.3. The Kier molecular flexibility index (Phi) is 3.57. The predicted molar refractivity (Wildman–Crippen MR) is 71.9 cm³/mol. The predicted octanol–water partition coefficient (Wildman–Crippen LogP) is 2.62. The highest BCUT2D eigenvalue weighted by Crippen LogP contribution is 2.31. The van der Waals surface area contributed by atoms with Crippen molar-refractivity contribution in [2.75, 3.05) is 17.6 Å². The van der Waals surface area contributed by atoms with Crippen molar-refractivity contribution in [1.29, 1.82) is 0 Å². The van der Waals surface area contributed by atoms with Gasteiger partial charge in [-0.25, -0.2) is 0 Å². The average Bonchev–Trinajstić information content (AvgIpc) is 2.33. The molecule has 1 saturated carbocycles. The molecule has 2 rings (SSSR count). The van der Waals surface area contributed by atoms with Gasteiger partial charge >= 0.3 is 0 Å². The van der Waals surface area contributed by atoms with Gasteiger partial charge < -0.3 is 16.2 Å². The molecular formula is C14H22N2O. The lowest BCUT2D eigenvalue weighted by molar-refractivity contribution is 0.00501. The van der Waals surface area contributed by atoms with E-state index < -0.39 is 5.60 Å². The third kappa shape index (κ3) is 3.37. The fourth-order valence-corrected chi connectivity index (χ4v) is 2.34. The summed E-state index contributed by atoms with van der Waals surface area (Å²) in [5, 5.41) is 13.7. The molecule has 1 aliphatic rings. The summed E-state index contributed by atoms with van der Waals surface area (Å²) in [5.41, 5.74) is 6.88. The van der Waals surface area contributed by atoms with Gasteiger partial charge in [-0.2, -0.15) is 0 Å². The summed E-state index contributed by atoms with van der Waals surface area (Å²) < 4.78 is 0. The molecule has 0 spiro atoms. The van der Waals surface area contributed by atoms with Crippen LogP contribution in [-0.2, 0) is 0 Å². The molecule has 0 unspecified atom stereocenters. The van der Waals surface area contributed by atoms with Gasteiger partial charge in [0, 0.05) is 17.9 Å². The Morgan fingerprint density at radius 2 is 1.88 bits per heavy atom. The molecule has 3 heteroatoms. The fraction of sp³-hybridized carbons (Fsp3) is 0.571. The molecular weight excluding hydrogens is 212 g/mol. The summed E-state index contributed by atoms with van der Waals surface area (Å²) in [4.78, 5) is 0. The monoisotopic (exact) mass is 234 g/mol. The van der Waals surface area contributed by atoms with Gasteiger partial charge in [0.15, 0.2) is 0 Å². The maximum Gasteiger partial charge on any atom is 0.0819 e. The van der Waals surface area contributed by atoms with Gasteiger partial charge in [-0.3, -0.25) is 0 Å². The van der Waals surface area contributed by atoms with Gasteiger partial charge in [-0.15, -0.1) is 0 Å². The number of benzene rings is 1. The third-order valence-electron chi connectivity index (χ3n) is 3.74. The number of hydrogen-bond acceptors (Lipinski definition) is 3. The largest absolute Gasteiger partial charge is 0.399 e. The Hall–Kier alpha value is -1.22. The van der Waals surface area contributed by atoms with Crippen LogP contribution in [0.15, 0.2) is 24.3 Å². The van der Waals surface area contributed by atoms with Gasteiger partial charge in [0.1, 0.15) is 0 Å². The number of nitrogens with one attached hydrogen (secondary N) is 1. The fourth-order valence-electron chi connectivity index (χ4n) is 2.34. The van der Waals surface area contributed by atoms with Gasteiger partial charge in [0.2, 0.25) is 0 Å². The zero-order chi connectivity index (χ0) is 12.3. The summed E-state index contributed by atoms with van der Waals surface area (Å²) >= 11 is 0. The van der Waals surface area contributed by atoms with Gasteiger partial charge in [-0.05, 0) is 55.9 Å². The second-order valence-corrected chi connectivity index (χ2v) is 5.38. The van der Waals surface area contributed by atoms with E-state index in [1.54, 1.807) is 0 Å². The number of rotatable bonds is 3. The summed E-state index contributed by atoms with van der Waals surface area (Å²) in [6.07, 6.45) is 4.05. The van der Waals surface area contributed by atoms with Crippen molar-refractivity contribution in [3.63, 3.8) is 0 Å². The van der Waals surface area contributed by atoms with E-state index >= 15 is 0 Å². The van der Waals surface area contributed by atoms with Crippen molar-refractivity contribution in [2.24, 2.45) is 5.92 Å². The summed E-state index contributed by atoms with van der Waals surface area (Å²) in [5.74, 6) is 0.756. The SMILES string of the molecule is CC1CCC(O)(CNc2ccc(N)cc2)CC1. The first-order valence-electron chi connectivity index (χ1n) is 6.39. The summed E-state index contributed by atoms with van der Waals surface area (Å²) in [6.45, 7) is 2.89. The number of nitrogens with two attached hydrogens (primary N) is 1. The zero-order valence-electron chi connectivity index (χ0n) is 10.4. The van der Waals surface area contributed by atoms with Crippen molar-refractivity contribution in [3.05, 3.63) is 24.3 Å². The lowest BCUT2D eigenvalue weighted by Gasteiger charge is -2.35. The van der Waals surface area contributed by atoms with Crippen LogP contribution >= 0.6 is 0 Å². The van der Waals surface area contributed by atoms with Crippen molar-refractivity contribution in [3.8, 4) is 0 Å².